The molecule has 0 spiro atoms. The van der Waals surface area contributed by atoms with Crippen LogP contribution in [-0.2, 0) is 4.74 Å². The number of thioether (sulfide) groups is 1. The molecule has 1 atom stereocenters. The highest BCUT2D eigenvalue weighted by atomic mass is 32.2. The van der Waals surface area contributed by atoms with Crippen molar-refractivity contribution in [3.8, 4) is 0 Å². The van der Waals surface area contributed by atoms with E-state index in [2.05, 4.69) is 37.4 Å². The van der Waals surface area contributed by atoms with E-state index in [-0.39, 0.29) is 0 Å². The molecule has 1 aliphatic heterocycles. The van der Waals surface area contributed by atoms with E-state index in [1.807, 2.05) is 11.8 Å². The molecule has 0 aliphatic carbocycles. The average Bonchev–Trinajstić information content (AvgIpc) is 2.86. The van der Waals surface area contributed by atoms with Crippen LogP contribution in [0, 0.1) is 13.8 Å². The van der Waals surface area contributed by atoms with Gasteiger partial charge in [0.15, 0.2) is 0 Å². The normalized spacial score (nSPS) is 19.3. The van der Waals surface area contributed by atoms with Crippen LogP contribution < -0.4 is 5.32 Å². The smallest absolute Gasteiger partial charge is 0.0700 e. The summed E-state index contributed by atoms with van der Waals surface area (Å²) in [5.41, 5.74) is 2.75. The molecule has 1 fully saturated rings. The second-order valence-electron chi connectivity index (χ2n) is 4.93. The van der Waals surface area contributed by atoms with E-state index in [0.29, 0.717) is 6.10 Å². The predicted octanol–water partition coefficient (Wildman–Crippen LogP) is 3.16. The van der Waals surface area contributed by atoms with Crippen LogP contribution in [-0.4, -0.2) is 31.6 Å². The molecule has 1 saturated heterocycles. The van der Waals surface area contributed by atoms with Crippen molar-refractivity contribution in [3.05, 3.63) is 29.3 Å². The fraction of sp³-hybridized carbons (Fsp3) is 0.600. The lowest BCUT2D eigenvalue weighted by Gasteiger charge is -2.10. The molecule has 2 rings (SSSR count). The molecule has 1 aromatic rings. The maximum absolute atomic E-state index is 5.58. The van der Waals surface area contributed by atoms with E-state index in [4.69, 9.17) is 4.74 Å². The van der Waals surface area contributed by atoms with Crippen LogP contribution in [0.2, 0.25) is 0 Å². The van der Waals surface area contributed by atoms with Crippen LogP contribution >= 0.6 is 11.8 Å². The van der Waals surface area contributed by atoms with Gasteiger partial charge in [0.05, 0.1) is 6.10 Å². The zero-order chi connectivity index (χ0) is 12.8. The maximum Gasteiger partial charge on any atom is 0.0700 e. The molecule has 100 valence electrons. The van der Waals surface area contributed by atoms with Gasteiger partial charge in [0.2, 0.25) is 0 Å². The summed E-state index contributed by atoms with van der Waals surface area (Å²) >= 11 is 1.92. The minimum atomic E-state index is 0.455. The first-order valence-corrected chi connectivity index (χ1v) is 7.76. The highest BCUT2D eigenvalue weighted by molar-refractivity contribution is 7.99. The lowest BCUT2D eigenvalue weighted by atomic mass is 10.1. The third-order valence-electron chi connectivity index (χ3n) is 3.42. The van der Waals surface area contributed by atoms with Crippen molar-refractivity contribution in [1.82, 2.24) is 5.32 Å². The van der Waals surface area contributed by atoms with Crippen LogP contribution in [0.1, 0.15) is 24.0 Å². The predicted molar refractivity (Wildman–Crippen MR) is 78.5 cm³/mol. The Bertz CT molecular complexity index is 375. The third kappa shape index (κ3) is 4.30. The highest BCUT2D eigenvalue weighted by Crippen LogP contribution is 2.20. The molecule has 2 nitrogen and oxygen atoms in total. The molecule has 3 heteroatoms. The fourth-order valence-corrected chi connectivity index (χ4v) is 3.02. The first kappa shape index (κ1) is 13.9. The molecule has 0 amide bonds. The molecule has 0 saturated carbocycles. The van der Waals surface area contributed by atoms with Gasteiger partial charge in [0.1, 0.15) is 0 Å². The summed E-state index contributed by atoms with van der Waals surface area (Å²) < 4.78 is 5.58. The lowest BCUT2D eigenvalue weighted by Crippen LogP contribution is -2.27. The first-order chi connectivity index (χ1) is 8.75. The Morgan fingerprint density at radius 2 is 2.22 bits per heavy atom. The second kappa shape index (κ2) is 7.17. The summed E-state index contributed by atoms with van der Waals surface area (Å²) in [6, 6.07) is 6.70. The largest absolute Gasteiger partial charge is 0.377 e. The molecule has 1 aromatic carbocycles. The van der Waals surface area contributed by atoms with Gasteiger partial charge in [0, 0.05) is 30.3 Å². The van der Waals surface area contributed by atoms with Crippen LogP contribution in [0.15, 0.2) is 23.1 Å². The quantitative estimate of drug-likeness (QED) is 0.630. The van der Waals surface area contributed by atoms with Crippen molar-refractivity contribution < 1.29 is 4.74 Å². The summed E-state index contributed by atoms with van der Waals surface area (Å²) in [5.74, 6) is 1.12. The van der Waals surface area contributed by atoms with Gasteiger partial charge in [-0.1, -0.05) is 6.07 Å². The minimum Gasteiger partial charge on any atom is -0.377 e. The third-order valence-corrected chi connectivity index (χ3v) is 4.42. The van der Waals surface area contributed by atoms with Crippen LogP contribution in [0.5, 0.6) is 0 Å². The van der Waals surface area contributed by atoms with Crippen molar-refractivity contribution >= 4 is 11.8 Å². The van der Waals surface area contributed by atoms with Gasteiger partial charge in [-0.25, -0.2) is 0 Å². The lowest BCUT2D eigenvalue weighted by molar-refractivity contribution is 0.110. The van der Waals surface area contributed by atoms with Crippen LogP contribution in [0.4, 0.5) is 0 Å². The van der Waals surface area contributed by atoms with Gasteiger partial charge in [-0.05, 0) is 49.9 Å². The molecule has 0 bridgehead atoms. The number of aryl methyl sites for hydroxylation is 2. The molecule has 1 unspecified atom stereocenters. The maximum atomic E-state index is 5.58. The Morgan fingerprint density at radius 1 is 1.33 bits per heavy atom. The van der Waals surface area contributed by atoms with Gasteiger partial charge in [0.25, 0.3) is 0 Å². The molecule has 1 aliphatic rings. The Balaban J connectivity index is 1.61. The zero-order valence-electron chi connectivity index (χ0n) is 11.4. The van der Waals surface area contributed by atoms with Crippen molar-refractivity contribution in [1.29, 1.82) is 0 Å². The van der Waals surface area contributed by atoms with Crippen molar-refractivity contribution in [2.24, 2.45) is 0 Å². The Morgan fingerprint density at radius 3 is 2.94 bits per heavy atom. The summed E-state index contributed by atoms with van der Waals surface area (Å²) in [7, 11) is 0. The number of nitrogens with one attached hydrogen (secondary N) is 1. The molecule has 1 N–H and O–H groups in total. The summed E-state index contributed by atoms with van der Waals surface area (Å²) in [5, 5.41) is 3.48. The van der Waals surface area contributed by atoms with Crippen molar-refractivity contribution in [2.75, 3.05) is 25.4 Å². The molecule has 0 radical (unpaired) electrons. The zero-order valence-corrected chi connectivity index (χ0v) is 12.2. The molecular formula is C15H23NOS. The standard InChI is InChI=1S/C15H23NOS/c1-12-5-6-15(10-13(12)2)18-9-7-16-11-14-4-3-8-17-14/h5-6,10,14,16H,3-4,7-9,11H2,1-2H3. The van der Waals surface area contributed by atoms with Gasteiger partial charge in [-0.3, -0.25) is 0 Å². The molecule has 1 heterocycles. The molecule has 18 heavy (non-hydrogen) atoms. The van der Waals surface area contributed by atoms with E-state index < -0.39 is 0 Å². The average molecular weight is 265 g/mol. The number of hydrogen-bond donors (Lipinski definition) is 1. The van der Waals surface area contributed by atoms with E-state index in [1.165, 1.54) is 28.9 Å². The van der Waals surface area contributed by atoms with E-state index in [1.54, 1.807) is 0 Å². The Kier molecular flexibility index (Phi) is 5.54. The number of ether oxygens (including phenoxy) is 1. The number of hydrogen-bond acceptors (Lipinski definition) is 3. The van der Waals surface area contributed by atoms with Crippen LogP contribution in [0.3, 0.4) is 0 Å². The van der Waals surface area contributed by atoms with Gasteiger partial charge < -0.3 is 10.1 Å². The van der Waals surface area contributed by atoms with E-state index in [9.17, 15) is 0 Å². The summed E-state index contributed by atoms with van der Waals surface area (Å²) in [6.45, 7) is 7.34. The summed E-state index contributed by atoms with van der Waals surface area (Å²) in [6.07, 6.45) is 2.90. The second-order valence-corrected chi connectivity index (χ2v) is 6.10. The van der Waals surface area contributed by atoms with Crippen LogP contribution in [0.25, 0.3) is 0 Å². The molecule has 0 aromatic heterocycles. The minimum absolute atomic E-state index is 0.455. The highest BCUT2D eigenvalue weighted by Gasteiger charge is 2.14. The number of rotatable bonds is 6. The fourth-order valence-electron chi connectivity index (χ4n) is 2.11. The van der Waals surface area contributed by atoms with Gasteiger partial charge in [-0.2, -0.15) is 0 Å². The Hall–Kier alpha value is -0.510. The Labute approximate surface area is 114 Å². The van der Waals surface area contributed by atoms with Crippen molar-refractivity contribution in [2.45, 2.75) is 37.7 Å². The van der Waals surface area contributed by atoms with E-state index >= 15 is 0 Å². The van der Waals surface area contributed by atoms with E-state index in [0.717, 1.165) is 25.4 Å². The SMILES string of the molecule is Cc1ccc(SCCNCC2CCCO2)cc1C. The number of benzene rings is 1. The van der Waals surface area contributed by atoms with Crippen molar-refractivity contribution in [3.63, 3.8) is 0 Å². The topological polar surface area (TPSA) is 21.3 Å². The molecular weight excluding hydrogens is 242 g/mol. The summed E-state index contributed by atoms with van der Waals surface area (Å²) in [4.78, 5) is 1.37. The van der Waals surface area contributed by atoms with Gasteiger partial charge in [-0.15, -0.1) is 11.8 Å². The van der Waals surface area contributed by atoms with Gasteiger partial charge >= 0.3 is 0 Å². The first-order valence-electron chi connectivity index (χ1n) is 6.78. The monoisotopic (exact) mass is 265 g/mol.